The summed E-state index contributed by atoms with van der Waals surface area (Å²) in [6, 6.07) is 7.72. The predicted octanol–water partition coefficient (Wildman–Crippen LogP) is 3.31. The molecule has 1 fully saturated rings. The van der Waals surface area contributed by atoms with E-state index in [0.29, 0.717) is 6.54 Å². The molecule has 0 amide bonds. The first kappa shape index (κ1) is 21.0. The number of carbonyl (C=O) groups is 1. The minimum atomic E-state index is -0.104. The number of piperidine rings is 1. The number of guanidine groups is 1. The Morgan fingerprint density at radius 1 is 1.33 bits per heavy atom. The molecule has 0 atom stereocenters. The third kappa shape index (κ3) is 6.12. The van der Waals surface area contributed by atoms with Gasteiger partial charge in [0.15, 0.2) is 5.96 Å². The van der Waals surface area contributed by atoms with Crippen LogP contribution >= 0.6 is 35.6 Å². The molecular formula is C17H25ClIN3O2. The number of esters is 1. The van der Waals surface area contributed by atoms with Crippen molar-refractivity contribution in [1.29, 1.82) is 0 Å². The van der Waals surface area contributed by atoms with E-state index in [1.807, 2.05) is 24.3 Å². The lowest BCUT2D eigenvalue weighted by atomic mass is 9.97. The highest BCUT2D eigenvalue weighted by Gasteiger charge is 2.26. The van der Waals surface area contributed by atoms with E-state index >= 15 is 0 Å². The number of nitrogens with one attached hydrogen (secondary N) is 1. The number of nitrogens with zero attached hydrogens (tertiary/aromatic N) is 2. The van der Waals surface area contributed by atoms with Crippen molar-refractivity contribution in [2.75, 3.05) is 26.7 Å². The van der Waals surface area contributed by atoms with Crippen molar-refractivity contribution in [2.24, 2.45) is 10.9 Å². The van der Waals surface area contributed by atoms with Crippen LogP contribution in [0.3, 0.4) is 0 Å². The Bertz CT molecular complexity index is 543. The second-order valence-corrected chi connectivity index (χ2v) is 6.02. The Morgan fingerprint density at radius 3 is 2.50 bits per heavy atom. The summed E-state index contributed by atoms with van der Waals surface area (Å²) in [7, 11) is 1.45. The molecule has 134 valence electrons. The van der Waals surface area contributed by atoms with Gasteiger partial charge in [0.05, 0.1) is 19.6 Å². The van der Waals surface area contributed by atoms with Crippen LogP contribution in [-0.2, 0) is 16.1 Å². The molecule has 1 aromatic rings. The smallest absolute Gasteiger partial charge is 0.308 e. The summed E-state index contributed by atoms with van der Waals surface area (Å²) in [4.78, 5) is 18.5. The fourth-order valence-corrected chi connectivity index (χ4v) is 2.80. The number of aliphatic imine (C=N–C) groups is 1. The number of benzene rings is 1. The number of carbonyl (C=O) groups excluding carboxylic acids is 1. The molecule has 1 N–H and O–H groups in total. The summed E-state index contributed by atoms with van der Waals surface area (Å²) in [5.74, 6) is 0.800. The minimum absolute atomic E-state index is 0. The highest BCUT2D eigenvalue weighted by atomic mass is 127. The van der Waals surface area contributed by atoms with E-state index < -0.39 is 0 Å². The maximum absolute atomic E-state index is 11.6. The van der Waals surface area contributed by atoms with E-state index in [9.17, 15) is 4.79 Å². The predicted molar refractivity (Wildman–Crippen MR) is 108 cm³/mol. The number of hydrogen-bond donors (Lipinski definition) is 1. The molecule has 1 aliphatic rings. The number of likely N-dealkylation sites (tertiary alicyclic amines) is 1. The molecule has 1 heterocycles. The summed E-state index contributed by atoms with van der Waals surface area (Å²) in [5, 5.41) is 4.06. The monoisotopic (exact) mass is 465 g/mol. The Labute approximate surface area is 165 Å². The van der Waals surface area contributed by atoms with Crippen molar-refractivity contribution in [2.45, 2.75) is 26.3 Å². The highest BCUT2D eigenvalue weighted by Crippen LogP contribution is 2.18. The van der Waals surface area contributed by atoms with E-state index in [2.05, 4.69) is 17.1 Å². The van der Waals surface area contributed by atoms with E-state index in [0.717, 1.165) is 49.0 Å². The number of halogens is 2. The van der Waals surface area contributed by atoms with Gasteiger partial charge in [0, 0.05) is 24.7 Å². The van der Waals surface area contributed by atoms with Crippen LogP contribution in [0.25, 0.3) is 0 Å². The number of rotatable bonds is 4. The van der Waals surface area contributed by atoms with Gasteiger partial charge < -0.3 is 15.0 Å². The first-order chi connectivity index (χ1) is 11.1. The summed E-state index contributed by atoms with van der Waals surface area (Å²) in [6.45, 7) is 5.10. The first-order valence-corrected chi connectivity index (χ1v) is 8.37. The lowest BCUT2D eigenvalue weighted by Gasteiger charge is -2.33. The van der Waals surface area contributed by atoms with Crippen LogP contribution in [0.5, 0.6) is 0 Å². The molecule has 7 heteroatoms. The largest absolute Gasteiger partial charge is 0.469 e. The molecule has 0 aliphatic carbocycles. The van der Waals surface area contributed by atoms with Crippen LogP contribution in [0.2, 0.25) is 5.02 Å². The van der Waals surface area contributed by atoms with Crippen LogP contribution in [0.1, 0.15) is 25.3 Å². The highest BCUT2D eigenvalue weighted by molar-refractivity contribution is 14.0. The van der Waals surface area contributed by atoms with Gasteiger partial charge in [-0.2, -0.15) is 0 Å². The molecular weight excluding hydrogens is 441 g/mol. The Hall–Kier alpha value is -1.02. The molecule has 0 radical (unpaired) electrons. The van der Waals surface area contributed by atoms with Gasteiger partial charge in [-0.3, -0.25) is 4.79 Å². The maximum Gasteiger partial charge on any atom is 0.308 e. The quantitative estimate of drug-likeness (QED) is 0.321. The lowest BCUT2D eigenvalue weighted by molar-refractivity contribution is -0.146. The Kier molecular flexibility index (Phi) is 9.43. The fraction of sp³-hybridized carbons (Fsp3) is 0.529. The summed E-state index contributed by atoms with van der Waals surface area (Å²) >= 11 is 5.90. The van der Waals surface area contributed by atoms with Crippen molar-refractivity contribution in [1.82, 2.24) is 10.2 Å². The molecule has 5 nitrogen and oxygen atoms in total. The molecule has 2 rings (SSSR count). The van der Waals surface area contributed by atoms with Gasteiger partial charge in [0.2, 0.25) is 0 Å². The zero-order chi connectivity index (χ0) is 16.7. The van der Waals surface area contributed by atoms with Gasteiger partial charge in [-0.25, -0.2) is 4.99 Å². The van der Waals surface area contributed by atoms with Gasteiger partial charge >= 0.3 is 5.97 Å². The molecule has 1 aromatic carbocycles. The van der Waals surface area contributed by atoms with Crippen molar-refractivity contribution >= 4 is 47.5 Å². The second kappa shape index (κ2) is 10.8. The van der Waals surface area contributed by atoms with E-state index in [-0.39, 0.29) is 35.9 Å². The maximum atomic E-state index is 11.6. The minimum Gasteiger partial charge on any atom is -0.469 e. The van der Waals surface area contributed by atoms with Crippen molar-refractivity contribution in [3.05, 3.63) is 34.9 Å². The number of hydrogen-bond acceptors (Lipinski definition) is 3. The fourth-order valence-electron chi connectivity index (χ4n) is 2.68. The number of methoxy groups -OCH3 is 1. The van der Waals surface area contributed by atoms with Gasteiger partial charge in [-0.1, -0.05) is 23.7 Å². The normalized spacial score (nSPS) is 15.6. The summed E-state index contributed by atoms with van der Waals surface area (Å²) in [6.07, 6.45) is 1.61. The van der Waals surface area contributed by atoms with Gasteiger partial charge in [0.25, 0.3) is 0 Å². The molecule has 1 aliphatic heterocycles. The van der Waals surface area contributed by atoms with Gasteiger partial charge in [-0.15, -0.1) is 24.0 Å². The molecule has 24 heavy (non-hydrogen) atoms. The third-order valence-electron chi connectivity index (χ3n) is 3.99. The van der Waals surface area contributed by atoms with E-state index in [1.165, 1.54) is 7.11 Å². The molecule has 0 bridgehead atoms. The van der Waals surface area contributed by atoms with Crippen molar-refractivity contribution in [3.8, 4) is 0 Å². The topological polar surface area (TPSA) is 53.9 Å². The van der Waals surface area contributed by atoms with Crippen LogP contribution in [0, 0.1) is 5.92 Å². The van der Waals surface area contributed by atoms with Crippen LogP contribution in [0.15, 0.2) is 29.3 Å². The van der Waals surface area contributed by atoms with Crippen LogP contribution < -0.4 is 5.32 Å². The van der Waals surface area contributed by atoms with Crippen molar-refractivity contribution < 1.29 is 9.53 Å². The summed E-state index contributed by atoms with van der Waals surface area (Å²) < 4.78 is 4.83. The van der Waals surface area contributed by atoms with Crippen molar-refractivity contribution in [3.63, 3.8) is 0 Å². The van der Waals surface area contributed by atoms with Crippen LogP contribution in [-0.4, -0.2) is 43.6 Å². The molecule has 1 saturated heterocycles. The zero-order valence-electron chi connectivity index (χ0n) is 14.1. The zero-order valence-corrected chi connectivity index (χ0v) is 17.2. The Morgan fingerprint density at radius 2 is 1.96 bits per heavy atom. The second-order valence-electron chi connectivity index (χ2n) is 5.58. The SMILES string of the molecule is CCNC(=NCc1ccc(Cl)cc1)N1CCC(C(=O)OC)CC1.I. The van der Waals surface area contributed by atoms with Gasteiger partial charge in [0.1, 0.15) is 0 Å². The number of ether oxygens (including phenoxy) is 1. The Balaban J connectivity index is 0.00000288. The summed E-state index contributed by atoms with van der Waals surface area (Å²) in [5.41, 5.74) is 1.12. The van der Waals surface area contributed by atoms with E-state index in [1.54, 1.807) is 0 Å². The van der Waals surface area contributed by atoms with E-state index in [4.69, 9.17) is 21.3 Å². The third-order valence-corrected chi connectivity index (χ3v) is 4.24. The molecule has 0 aromatic heterocycles. The first-order valence-electron chi connectivity index (χ1n) is 7.99. The average molecular weight is 466 g/mol. The van der Waals surface area contributed by atoms with Gasteiger partial charge in [-0.05, 0) is 37.5 Å². The molecule has 0 saturated carbocycles. The van der Waals surface area contributed by atoms with Crippen LogP contribution in [0.4, 0.5) is 0 Å². The lowest BCUT2D eigenvalue weighted by Crippen LogP contribution is -2.46. The molecule has 0 spiro atoms. The molecule has 0 unspecified atom stereocenters. The standard InChI is InChI=1S/C17H24ClN3O2.HI/c1-3-19-17(20-12-13-4-6-15(18)7-5-13)21-10-8-14(9-11-21)16(22)23-2;/h4-7,14H,3,8-12H2,1-2H3,(H,19,20);1H. The average Bonchev–Trinajstić information content (AvgIpc) is 2.59.